The Morgan fingerprint density at radius 1 is 1.37 bits per heavy atom. The van der Waals surface area contributed by atoms with Gasteiger partial charge in [-0.25, -0.2) is 13.1 Å². The van der Waals surface area contributed by atoms with E-state index in [4.69, 9.17) is 0 Å². The molecule has 19 heavy (non-hydrogen) atoms. The quantitative estimate of drug-likeness (QED) is 0.433. The summed E-state index contributed by atoms with van der Waals surface area (Å²) in [5, 5.41) is 13.7. The minimum absolute atomic E-state index is 0.0303. The number of hydrogen-bond acceptors (Lipinski definition) is 5. The molecule has 7 nitrogen and oxygen atoms in total. The Morgan fingerprint density at radius 3 is 2.63 bits per heavy atom. The number of benzene rings is 1. The van der Waals surface area contributed by atoms with Crippen LogP contribution < -0.4 is 10.0 Å². The van der Waals surface area contributed by atoms with E-state index in [0.717, 1.165) is 5.56 Å². The van der Waals surface area contributed by atoms with Crippen LogP contribution in [-0.2, 0) is 16.6 Å². The van der Waals surface area contributed by atoms with Gasteiger partial charge in [0.2, 0.25) is 10.0 Å². The molecule has 106 valence electrons. The summed E-state index contributed by atoms with van der Waals surface area (Å²) in [5.41, 5.74) is 1.42. The van der Waals surface area contributed by atoms with Gasteiger partial charge in [0, 0.05) is 24.7 Å². The lowest BCUT2D eigenvalue weighted by Gasteiger charge is -2.06. The van der Waals surface area contributed by atoms with E-state index < -0.39 is 14.9 Å². The molecule has 1 rings (SSSR count). The van der Waals surface area contributed by atoms with Gasteiger partial charge in [-0.1, -0.05) is 12.1 Å². The molecule has 1 aromatic carbocycles. The molecular weight excluding hydrogens is 270 g/mol. The van der Waals surface area contributed by atoms with Crippen LogP contribution in [0.3, 0.4) is 0 Å². The van der Waals surface area contributed by atoms with E-state index in [-0.39, 0.29) is 18.0 Å². The van der Waals surface area contributed by atoms with Crippen molar-refractivity contribution >= 4 is 15.7 Å². The van der Waals surface area contributed by atoms with Gasteiger partial charge < -0.3 is 5.32 Å². The molecular formula is C11H17N3O4S. The average Bonchev–Trinajstić information content (AvgIpc) is 2.36. The summed E-state index contributed by atoms with van der Waals surface area (Å²) in [7, 11) is -1.86. The maximum absolute atomic E-state index is 11.2. The number of sulfonamides is 1. The van der Waals surface area contributed by atoms with Crippen molar-refractivity contribution in [3.8, 4) is 0 Å². The van der Waals surface area contributed by atoms with Crippen molar-refractivity contribution in [2.24, 2.45) is 0 Å². The van der Waals surface area contributed by atoms with Crippen LogP contribution in [0.4, 0.5) is 5.69 Å². The lowest BCUT2D eigenvalue weighted by Crippen LogP contribution is -2.29. The van der Waals surface area contributed by atoms with Crippen molar-refractivity contribution < 1.29 is 13.3 Å². The highest BCUT2D eigenvalue weighted by Gasteiger charge is 2.11. The zero-order valence-corrected chi connectivity index (χ0v) is 11.7. The van der Waals surface area contributed by atoms with Crippen LogP contribution in [0.5, 0.6) is 0 Å². The molecule has 0 spiro atoms. The molecule has 0 fully saturated rings. The molecule has 0 saturated heterocycles. The van der Waals surface area contributed by atoms with E-state index >= 15 is 0 Å². The SMILES string of the molecule is CNS(=O)(=O)CCNCc1ccc(C)c([N+](=O)[O-])c1. The summed E-state index contributed by atoms with van der Waals surface area (Å²) in [6.45, 7) is 2.35. The van der Waals surface area contributed by atoms with Crippen LogP contribution >= 0.6 is 0 Å². The molecule has 0 radical (unpaired) electrons. The second kappa shape index (κ2) is 6.60. The van der Waals surface area contributed by atoms with Gasteiger partial charge in [0.15, 0.2) is 0 Å². The molecule has 0 aromatic heterocycles. The zero-order chi connectivity index (χ0) is 14.5. The monoisotopic (exact) mass is 287 g/mol. The van der Waals surface area contributed by atoms with E-state index in [9.17, 15) is 18.5 Å². The number of aryl methyl sites for hydroxylation is 1. The summed E-state index contributed by atoms with van der Waals surface area (Å²) in [6, 6.07) is 4.95. The van der Waals surface area contributed by atoms with Crippen molar-refractivity contribution in [3.05, 3.63) is 39.4 Å². The summed E-state index contributed by atoms with van der Waals surface area (Å²) in [5.74, 6) is -0.0303. The van der Waals surface area contributed by atoms with Crippen molar-refractivity contribution in [1.82, 2.24) is 10.0 Å². The molecule has 0 saturated carbocycles. The number of nitrogens with one attached hydrogen (secondary N) is 2. The Bertz CT molecular complexity index is 557. The predicted octanol–water partition coefficient (Wildman–Crippen LogP) is 0.542. The minimum atomic E-state index is -3.22. The van der Waals surface area contributed by atoms with Gasteiger partial charge in [0.25, 0.3) is 5.69 Å². The lowest BCUT2D eigenvalue weighted by atomic mass is 10.1. The molecule has 1 aromatic rings. The van der Waals surface area contributed by atoms with E-state index in [0.29, 0.717) is 12.1 Å². The number of hydrogen-bond donors (Lipinski definition) is 2. The van der Waals surface area contributed by atoms with Crippen molar-refractivity contribution in [2.45, 2.75) is 13.5 Å². The third-order valence-electron chi connectivity index (χ3n) is 2.66. The highest BCUT2D eigenvalue weighted by atomic mass is 32.2. The van der Waals surface area contributed by atoms with Gasteiger partial charge in [0.1, 0.15) is 0 Å². The van der Waals surface area contributed by atoms with E-state index in [1.165, 1.54) is 13.1 Å². The van der Waals surface area contributed by atoms with Crippen LogP contribution in [0, 0.1) is 17.0 Å². The lowest BCUT2D eigenvalue weighted by molar-refractivity contribution is -0.385. The Kier molecular flexibility index (Phi) is 5.40. The molecule has 0 aliphatic rings. The molecule has 0 amide bonds. The molecule has 0 aliphatic carbocycles. The van der Waals surface area contributed by atoms with E-state index in [2.05, 4.69) is 10.0 Å². The number of nitrogens with zero attached hydrogens (tertiary/aromatic N) is 1. The standard InChI is InChI=1S/C11H17N3O4S/c1-9-3-4-10(7-11(9)14(15)16)8-13-5-6-19(17,18)12-2/h3-4,7,12-13H,5-6,8H2,1-2H3. The average molecular weight is 287 g/mol. The van der Waals surface area contributed by atoms with Gasteiger partial charge in [-0.15, -0.1) is 0 Å². The van der Waals surface area contributed by atoms with Gasteiger partial charge in [-0.3, -0.25) is 10.1 Å². The minimum Gasteiger partial charge on any atom is -0.312 e. The van der Waals surface area contributed by atoms with Crippen LogP contribution in [0.25, 0.3) is 0 Å². The van der Waals surface area contributed by atoms with E-state index in [1.54, 1.807) is 19.1 Å². The molecule has 0 aliphatic heterocycles. The second-order valence-corrected chi connectivity index (χ2v) is 6.12. The van der Waals surface area contributed by atoms with Gasteiger partial charge >= 0.3 is 0 Å². The first kappa shape index (κ1) is 15.5. The van der Waals surface area contributed by atoms with Crippen LogP contribution in [-0.4, -0.2) is 32.7 Å². The Labute approximate surface area is 112 Å². The fourth-order valence-corrected chi connectivity index (χ4v) is 2.12. The third kappa shape index (κ3) is 4.93. The fraction of sp³-hybridized carbons (Fsp3) is 0.455. The van der Waals surface area contributed by atoms with Crippen molar-refractivity contribution in [1.29, 1.82) is 0 Å². The highest BCUT2D eigenvalue weighted by Crippen LogP contribution is 2.18. The smallest absolute Gasteiger partial charge is 0.272 e. The first-order valence-electron chi connectivity index (χ1n) is 5.71. The number of rotatable bonds is 7. The summed E-state index contributed by atoms with van der Waals surface area (Å²) in [6.07, 6.45) is 0. The Hall–Kier alpha value is -1.51. The van der Waals surface area contributed by atoms with Crippen LogP contribution in [0.1, 0.15) is 11.1 Å². The molecule has 0 heterocycles. The maximum Gasteiger partial charge on any atom is 0.272 e. The maximum atomic E-state index is 11.2. The summed E-state index contributed by atoms with van der Waals surface area (Å²) >= 11 is 0. The Morgan fingerprint density at radius 2 is 2.05 bits per heavy atom. The highest BCUT2D eigenvalue weighted by molar-refractivity contribution is 7.89. The molecule has 8 heteroatoms. The topological polar surface area (TPSA) is 101 Å². The fourth-order valence-electron chi connectivity index (χ4n) is 1.50. The number of nitro groups is 1. The first-order chi connectivity index (χ1) is 8.85. The molecule has 2 N–H and O–H groups in total. The van der Waals surface area contributed by atoms with E-state index in [1.807, 2.05) is 0 Å². The van der Waals surface area contributed by atoms with Gasteiger partial charge in [-0.05, 0) is 19.5 Å². The van der Waals surface area contributed by atoms with Crippen molar-refractivity contribution in [3.63, 3.8) is 0 Å². The largest absolute Gasteiger partial charge is 0.312 e. The first-order valence-corrected chi connectivity index (χ1v) is 7.37. The second-order valence-electron chi connectivity index (χ2n) is 4.08. The van der Waals surface area contributed by atoms with Crippen LogP contribution in [0.15, 0.2) is 18.2 Å². The molecule has 0 unspecified atom stereocenters. The predicted molar refractivity (Wildman–Crippen MR) is 72.4 cm³/mol. The number of nitro benzene ring substituents is 1. The van der Waals surface area contributed by atoms with Crippen molar-refractivity contribution in [2.75, 3.05) is 19.3 Å². The van der Waals surface area contributed by atoms with Gasteiger partial charge in [0.05, 0.1) is 10.7 Å². The van der Waals surface area contributed by atoms with Gasteiger partial charge in [-0.2, -0.15) is 0 Å². The van der Waals surface area contributed by atoms with Crippen LogP contribution in [0.2, 0.25) is 0 Å². The normalized spacial score (nSPS) is 11.5. The molecule has 0 bridgehead atoms. The summed E-state index contributed by atoms with van der Waals surface area (Å²) < 4.78 is 24.5. The zero-order valence-electron chi connectivity index (χ0n) is 10.8. The third-order valence-corrected chi connectivity index (χ3v) is 4.02. The summed E-state index contributed by atoms with van der Waals surface area (Å²) in [4.78, 5) is 10.3. The Balaban J connectivity index is 2.55. The molecule has 0 atom stereocenters.